The first-order chi connectivity index (χ1) is 15.8. The van der Waals surface area contributed by atoms with Gasteiger partial charge in [-0.05, 0) is 65.0 Å². The quantitative estimate of drug-likeness (QED) is 0.402. The Labute approximate surface area is 196 Å². The minimum atomic E-state index is -0.313. The second kappa shape index (κ2) is 9.15. The van der Waals surface area contributed by atoms with E-state index < -0.39 is 0 Å². The Kier molecular flexibility index (Phi) is 6.29. The third kappa shape index (κ3) is 4.39. The number of carbonyl (C=O) groups is 2. The number of amides is 2. The molecule has 0 bridgehead atoms. The van der Waals surface area contributed by atoms with Gasteiger partial charge in [-0.15, -0.1) is 11.3 Å². The molecule has 33 heavy (non-hydrogen) atoms. The molecule has 4 aromatic rings. The van der Waals surface area contributed by atoms with Gasteiger partial charge in [0.25, 0.3) is 17.5 Å². The summed E-state index contributed by atoms with van der Waals surface area (Å²) in [4.78, 5) is 34.7. The lowest BCUT2D eigenvalue weighted by atomic mass is 10.1. The first kappa shape index (κ1) is 22.7. The number of nitrogens with zero attached hydrogens (tertiary/aromatic N) is 3. The first-order valence-electron chi connectivity index (χ1n) is 10.9. The molecule has 1 aromatic carbocycles. The minimum Gasteiger partial charge on any atom is -0.339 e. The molecule has 3 aromatic heterocycles. The van der Waals surface area contributed by atoms with Crippen LogP contribution in [-0.2, 0) is 0 Å². The molecule has 2 amide bonds. The smallest absolute Gasteiger partial charge is 0.259 e. The molecule has 0 aliphatic carbocycles. The van der Waals surface area contributed by atoms with Crippen LogP contribution in [0.2, 0.25) is 0 Å². The summed E-state index contributed by atoms with van der Waals surface area (Å²) in [5.74, 6) is -0.380. The van der Waals surface area contributed by atoms with E-state index in [0.717, 1.165) is 10.4 Å². The van der Waals surface area contributed by atoms with Crippen molar-refractivity contribution in [3.8, 4) is 11.3 Å². The Bertz CT molecular complexity index is 1350. The summed E-state index contributed by atoms with van der Waals surface area (Å²) in [5, 5.41) is 7.53. The van der Waals surface area contributed by atoms with Gasteiger partial charge < -0.3 is 14.7 Å². The highest BCUT2D eigenvalue weighted by atomic mass is 32.1. The van der Waals surface area contributed by atoms with Crippen LogP contribution in [0.15, 0.2) is 40.9 Å². The number of hydrogen-bond acceptors (Lipinski definition) is 6. The van der Waals surface area contributed by atoms with Gasteiger partial charge >= 0.3 is 0 Å². The summed E-state index contributed by atoms with van der Waals surface area (Å²) in [6, 6.07) is 10.8. The van der Waals surface area contributed by atoms with E-state index in [1.165, 1.54) is 4.88 Å². The summed E-state index contributed by atoms with van der Waals surface area (Å²) < 4.78 is 5.41. The van der Waals surface area contributed by atoms with Crippen LogP contribution in [0.3, 0.4) is 0 Å². The summed E-state index contributed by atoms with van der Waals surface area (Å²) in [5.41, 5.74) is 4.05. The fraction of sp³-hybridized carbons (Fsp3) is 0.280. The second-order valence-electron chi connectivity index (χ2n) is 7.84. The Balaban J connectivity index is 1.72. The van der Waals surface area contributed by atoms with Gasteiger partial charge in [-0.25, -0.2) is 4.98 Å². The molecule has 0 atom stereocenters. The average Bonchev–Trinajstić information content (AvgIpc) is 3.35. The van der Waals surface area contributed by atoms with E-state index in [0.29, 0.717) is 52.4 Å². The van der Waals surface area contributed by atoms with E-state index in [9.17, 15) is 9.59 Å². The zero-order valence-corrected chi connectivity index (χ0v) is 20.2. The lowest BCUT2D eigenvalue weighted by Crippen LogP contribution is -2.30. The van der Waals surface area contributed by atoms with Gasteiger partial charge in [0.05, 0.1) is 22.3 Å². The maximum atomic E-state index is 13.4. The van der Waals surface area contributed by atoms with Crippen molar-refractivity contribution >= 4 is 39.9 Å². The van der Waals surface area contributed by atoms with Crippen molar-refractivity contribution in [1.29, 1.82) is 0 Å². The van der Waals surface area contributed by atoms with Crippen molar-refractivity contribution in [2.24, 2.45) is 0 Å². The minimum absolute atomic E-state index is 0.0668. The average molecular weight is 463 g/mol. The normalized spacial score (nSPS) is 11.1. The summed E-state index contributed by atoms with van der Waals surface area (Å²) in [6.45, 7) is 11.0. The van der Waals surface area contributed by atoms with E-state index in [1.54, 1.807) is 53.5 Å². The van der Waals surface area contributed by atoms with Crippen LogP contribution >= 0.6 is 11.3 Å². The van der Waals surface area contributed by atoms with Crippen molar-refractivity contribution in [3.05, 3.63) is 63.0 Å². The third-order valence-corrected chi connectivity index (χ3v) is 6.56. The van der Waals surface area contributed by atoms with Crippen LogP contribution in [0.25, 0.3) is 22.4 Å². The van der Waals surface area contributed by atoms with Crippen molar-refractivity contribution in [2.75, 3.05) is 18.4 Å². The highest BCUT2D eigenvalue weighted by Crippen LogP contribution is 2.33. The molecule has 0 aliphatic rings. The predicted molar refractivity (Wildman–Crippen MR) is 131 cm³/mol. The zero-order chi connectivity index (χ0) is 23.7. The fourth-order valence-electron chi connectivity index (χ4n) is 3.92. The molecule has 1 N–H and O–H groups in total. The van der Waals surface area contributed by atoms with Crippen LogP contribution in [0.5, 0.6) is 0 Å². The standard InChI is InChI=1S/C25H26N4O3S/c1-6-29(7-2)25(31)17-9-8-10-18(12-17)26-23(30)20-13-21(19-11-14(3)33-16(19)5)27-24-22(20)15(4)28-32-24/h8-13H,6-7H2,1-5H3,(H,26,30). The molecule has 170 valence electrons. The number of hydrogen-bond donors (Lipinski definition) is 1. The number of benzene rings is 1. The largest absolute Gasteiger partial charge is 0.339 e. The van der Waals surface area contributed by atoms with Gasteiger partial charge in [-0.2, -0.15) is 0 Å². The van der Waals surface area contributed by atoms with Gasteiger partial charge in [0.15, 0.2) is 0 Å². The maximum absolute atomic E-state index is 13.4. The van der Waals surface area contributed by atoms with E-state index in [-0.39, 0.29) is 11.8 Å². The number of rotatable bonds is 6. The van der Waals surface area contributed by atoms with Crippen LogP contribution in [0.4, 0.5) is 5.69 Å². The number of aryl methyl sites for hydroxylation is 3. The molecule has 0 unspecified atom stereocenters. The molecule has 3 heterocycles. The van der Waals surface area contributed by atoms with Gasteiger partial charge in [-0.3, -0.25) is 9.59 Å². The number of pyridine rings is 1. The number of thiophene rings is 1. The van der Waals surface area contributed by atoms with Gasteiger partial charge in [0.2, 0.25) is 0 Å². The first-order valence-corrected chi connectivity index (χ1v) is 11.7. The highest BCUT2D eigenvalue weighted by Gasteiger charge is 2.21. The lowest BCUT2D eigenvalue weighted by Gasteiger charge is -2.19. The van der Waals surface area contributed by atoms with Gasteiger partial charge in [0.1, 0.15) is 0 Å². The van der Waals surface area contributed by atoms with Crippen molar-refractivity contribution in [2.45, 2.75) is 34.6 Å². The fourth-order valence-corrected chi connectivity index (χ4v) is 4.85. The van der Waals surface area contributed by atoms with E-state index in [4.69, 9.17) is 4.52 Å². The SMILES string of the molecule is CCN(CC)C(=O)c1cccc(NC(=O)c2cc(-c3cc(C)sc3C)nc3onc(C)c23)c1. The molecule has 0 saturated carbocycles. The van der Waals surface area contributed by atoms with Crippen LogP contribution in [-0.4, -0.2) is 39.9 Å². The number of anilines is 1. The molecule has 0 spiro atoms. The molecule has 0 saturated heterocycles. The topological polar surface area (TPSA) is 88.3 Å². The number of carbonyl (C=O) groups excluding carboxylic acids is 2. The van der Waals surface area contributed by atoms with Gasteiger partial charge in [0, 0.05) is 39.7 Å². The monoisotopic (exact) mass is 462 g/mol. The van der Waals surface area contributed by atoms with Crippen molar-refractivity contribution in [1.82, 2.24) is 15.0 Å². The number of aromatic nitrogens is 2. The molecule has 0 aliphatic heterocycles. The molecule has 7 nitrogen and oxygen atoms in total. The number of nitrogens with one attached hydrogen (secondary N) is 1. The molecule has 0 fully saturated rings. The van der Waals surface area contributed by atoms with Crippen molar-refractivity contribution < 1.29 is 14.1 Å². The molecule has 0 radical (unpaired) electrons. The third-order valence-electron chi connectivity index (χ3n) is 5.60. The summed E-state index contributed by atoms with van der Waals surface area (Å²) >= 11 is 1.68. The van der Waals surface area contributed by atoms with Crippen LogP contribution in [0.1, 0.15) is 50.0 Å². The summed E-state index contributed by atoms with van der Waals surface area (Å²) in [7, 11) is 0. The van der Waals surface area contributed by atoms with E-state index >= 15 is 0 Å². The van der Waals surface area contributed by atoms with Crippen LogP contribution < -0.4 is 5.32 Å². The molecular formula is C25H26N4O3S. The molecule has 8 heteroatoms. The number of fused-ring (bicyclic) bond motifs is 1. The Morgan fingerprint density at radius 1 is 1.09 bits per heavy atom. The maximum Gasteiger partial charge on any atom is 0.259 e. The second-order valence-corrected chi connectivity index (χ2v) is 9.30. The molecule has 4 rings (SSSR count). The summed E-state index contributed by atoms with van der Waals surface area (Å²) in [6.07, 6.45) is 0. The van der Waals surface area contributed by atoms with Gasteiger partial charge in [-0.1, -0.05) is 11.2 Å². The highest BCUT2D eigenvalue weighted by molar-refractivity contribution is 7.12. The molecular weight excluding hydrogens is 436 g/mol. The van der Waals surface area contributed by atoms with E-state index in [1.807, 2.05) is 27.7 Å². The Morgan fingerprint density at radius 2 is 1.85 bits per heavy atom. The van der Waals surface area contributed by atoms with Crippen LogP contribution in [0, 0.1) is 20.8 Å². The Morgan fingerprint density at radius 3 is 2.52 bits per heavy atom. The zero-order valence-electron chi connectivity index (χ0n) is 19.4. The lowest BCUT2D eigenvalue weighted by molar-refractivity contribution is 0.0772. The Hall–Kier alpha value is -3.52. The predicted octanol–water partition coefficient (Wildman–Crippen LogP) is 5.61. The van der Waals surface area contributed by atoms with E-state index in [2.05, 4.69) is 21.5 Å². The van der Waals surface area contributed by atoms with Crippen molar-refractivity contribution in [3.63, 3.8) is 0 Å².